The van der Waals surface area contributed by atoms with Crippen molar-refractivity contribution in [2.75, 3.05) is 13.1 Å². The van der Waals surface area contributed by atoms with Gasteiger partial charge >= 0.3 is 0 Å². The molecule has 2 heterocycles. The maximum atomic E-state index is 11.8. The molecule has 2 unspecified atom stereocenters. The summed E-state index contributed by atoms with van der Waals surface area (Å²) in [4.78, 5) is 15.4. The predicted molar refractivity (Wildman–Crippen MR) is 105 cm³/mol. The summed E-state index contributed by atoms with van der Waals surface area (Å²) in [6.07, 6.45) is 0.866. The standard InChI is InChI=1S/C20H24N6O2/c21-22-19(27)16-7-4-10-25(13-16)12-14-5-3-6-15(11-14)20(28)26-23-17-8-1-2-9-18(17)24-26/h1-3,5-6,8-9,11,16,20,28H,4,7,10,12-13,21H2,(H,22,27). The Morgan fingerprint density at radius 1 is 1.21 bits per heavy atom. The molecule has 0 radical (unpaired) electrons. The highest BCUT2D eigenvalue weighted by atomic mass is 16.3. The lowest BCUT2D eigenvalue weighted by atomic mass is 9.97. The molecular formula is C20H24N6O2. The van der Waals surface area contributed by atoms with E-state index in [1.807, 2.05) is 48.5 Å². The first-order chi connectivity index (χ1) is 13.6. The first-order valence-electron chi connectivity index (χ1n) is 9.45. The molecule has 28 heavy (non-hydrogen) atoms. The second-order valence-corrected chi connectivity index (χ2v) is 7.21. The number of aliphatic hydroxyl groups excluding tert-OH is 1. The van der Waals surface area contributed by atoms with Crippen molar-refractivity contribution in [1.29, 1.82) is 0 Å². The lowest BCUT2D eigenvalue weighted by Crippen LogP contribution is -2.44. The molecule has 0 bridgehead atoms. The molecule has 8 nitrogen and oxygen atoms in total. The molecule has 2 aromatic carbocycles. The molecule has 1 aliphatic rings. The lowest BCUT2D eigenvalue weighted by Gasteiger charge is -2.31. The summed E-state index contributed by atoms with van der Waals surface area (Å²) in [5, 5.41) is 19.5. The molecule has 4 rings (SSSR count). The number of carbonyl (C=O) groups is 1. The van der Waals surface area contributed by atoms with Crippen molar-refractivity contribution in [2.24, 2.45) is 11.8 Å². The van der Waals surface area contributed by atoms with E-state index in [2.05, 4.69) is 20.5 Å². The molecule has 2 atom stereocenters. The summed E-state index contributed by atoms with van der Waals surface area (Å²) < 4.78 is 0. The van der Waals surface area contributed by atoms with Crippen LogP contribution in [0.25, 0.3) is 11.0 Å². The normalized spacial score (nSPS) is 18.9. The van der Waals surface area contributed by atoms with Gasteiger partial charge in [0.2, 0.25) is 5.91 Å². The average Bonchev–Trinajstić information content (AvgIpc) is 3.17. The monoisotopic (exact) mass is 380 g/mol. The minimum Gasteiger partial charge on any atom is -0.366 e. The van der Waals surface area contributed by atoms with Crippen LogP contribution in [-0.4, -0.2) is 44.0 Å². The lowest BCUT2D eigenvalue weighted by molar-refractivity contribution is -0.126. The van der Waals surface area contributed by atoms with Crippen LogP contribution in [0.2, 0.25) is 0 Å². The molecule has 0 aliphatic carbocycles. The Kier molecular flexibility index (Phi) is 5.34. The second kappa shape index (κ2) is 8.05. The zero-order valence-corrected chi connectivity index (χ0v) is 15.5. The van der Waals surface area contributed by atoms with Gasteiger partial charge in [0.1, 0.15) is 11.0 Å². The minimum absolute atomic E-state index is 0.0757. The van der Waals surface area contributed by atoms with Gasteiger partial charge in [0.25, 0.3) is 0 Å². The Morgan fingerprint density at radius 2 is 1.96 bits per heavy atom. The topological polar surface area (TPSA) is 109 Å². The average molecular weight is 380 g/mol. The number of hydrazine groups is 1. The molecule has 146 valence electrons. The molecule has 1 fully saturated rings. The fraction of sp³-hybridized carbons (Fsp3) is 0.350. The number of likely N-dealkylation sites (tertiary alicyclic amines) is 1. The zero-order chi connectivity index (χ0) is 19.5. The molecule has 1 aromatic heterocycles. The van der Waals surface area contributed by atoms with Crippen LogP contribution in [0.15, 0.2) is 48.5 Å². The van der Waals surface area contributed by atoms with Crippen molar-refractivity contribution in [2.45, 2.75) is 25.6 Å². The third-order valence-corrected chi connectivity index (χ3v) is 5.19. The number of amides is 1. The van der Waals surface area contributed by atoms with Gasteiger partial charge in [0.05, 0.1) is 5.92 Å². The fourth-order valence-electron chi connectivity index (χ4n) is 3.76. The molecule has 1 aliphatic heterocycles. The van der Waals surface area contributed by atoms with Crippen LogP contribution < -0.4 is 11.3 Å². The van der Waals surface area contributed by atoms with Gasteiger partial charge in [-0.1, -0.05) is 30.3 Å². The predicted octanol–water partition coefficient (Wildman–Crippen LogP) is 1.17. The van der Waals surface area contributed by atoms with Crippen LogP contribution >= 0.6 is 0 Å². The van der Waals surface area contributed by atoms with E-state index in [0.29, 0.717) is 13.1 Å². The van der Waals surface area contributed by atoms with Gasteiger partial charge in [-0.05, 0) is 43.1 Å². The Hall–Kier alpha value is -2.81. The van der Waals surface area contributed by atoms with Crippen LogP contribution in [0, 0.1) is 5.92 Å². The second-order valence-electron chi connectivity index (χ2n) is 7.21. The van der Waals surface area contributed by atoms with Crippen molar-refractivity contribution in [3.05, 3.63) is 59.7 Å². The summed E-state index contributed by atoms with van der Waals surface area (Å²) in [6.45, 7) is 2.33. The number of nitrogens with two attached hydrogens (primary N) is 1. The van der Waals surface area contributed by atoms with Crippen molar-refractivity contribution in [1.82, 2.24) is 25.3 Å². The van der Waals surface area contributed by atoms with Crippen LogP contribution in [0.4, 0.5) is 0 Å². The number of nitrogens with one attached hydrogen (secondary N) is 1. The van der Waals surface area contributed by atoms with Gasteiger partial charge in [-0.2, -0.15) is 10.2 Å². The van der Waals surface area contributed by atoms with Crippen molar-refractivity contribution in [3.8, 4) is 0 Å². The number of rotatable bonds is 5. The summed E-state index contributed by atoms with van der Waals surface area (Å²) in [6, 6.07) is 15.3. The fourth-order valence-corrected chi connectivity index (χ4v) is 3.76. The molecular weight excluding hydrogens is 356 g/mol. The maximum absolute atomic E-state index is 11.8. The molecule has 3 aromatic rings. The van der Waals surface area contributed by atoms with Crippen LogP contribution in [0.5, 0.6) is 0 Å². The van der Waals surface area contributed by atoms with Crippen molar-refractivity contribution in [3.63, 3.8) is 0 Å². The number of aliphatic hydroxyl groups is 1. The zero-order valence-electron chi connectivity index (χ0n) is 15.5. The van der Waals surface area contributed by atoms with Crippen LogP contribution in [0.3, 0.4) is 0 Å². The van der Waals surface area contributed by atoms with E-state index in [-0.39, 0.29) is 11.8 Å². The number of aromatic nitrogens is 3. The highest BCUT2D eigenvalue weighted by Crippen LogP contribution is 2.21. The summed E-state index contributed by atoms with van der Waals surface area (Å²) >= 11 is 0. The minimum atomic E-state index is -0.954. The molecule has 1 saturated heterocycles. The van der Waals surface area contributed by atoms with Gasteiger partial charge in [-0.25, -0.2) is 5.84 Å². The quantitative estimate of drug-likeness (QED) is 0.348. The van der Waals surface area contributed by atoms with E-state index >= 15 is 0 Å². The van der Waals surface area contributed by atoms with Gasteiger partial charge < -0.3 is 5.11 Å². The maximum Gasteiger partial charge on any atom is 0.238 e. The Balaban J connectivity index is 1.48. The highest BCUT2D eigenvalue weighted by Gasteiger charge is 2.25. The van der Waals surface area contributed by atoms with Gasteiger partial charge in [-0.3, -0.25) is 15.1 Å². The van der Waals surface area contributed by atoms with E-state index in [1.54, 1.807) is 0 Å². The Labute approximate surface area is 162 Å². The van der Waals surface area contributed by atoms with E-state index < -0.39 is 6.23 Å². The largest absolute Gasteiger partial charge is 0.366 e. The summed E-state index contributed by atoms with van der Waals surface area (Å²) in [5.74, 6) is 5.10. The van der Waals surface area contributed by atoms with E-state index in [0.717, 1.165) is 41.5 Å². The molecule has 0 spiro atoms. The molecule has 8 heteroatoms. The van der Waals surface area contributed by atoms with E-state index in [1.165, 1.54) is 4.80 Å². The number of hydrogen-bond acceptors (Lipinski definition) is 6. The van der Waals surface area contributed by atoms with Gasteiger partial charge in [0, 0.05) is 18.7 Å². The smallest absolute Gasteiger partial charge is 0.238 e. The van der Waals surface area contributed by atoms with E-state index in [9.17, 15) is 9.90 Å². The SMILES string of the molecule is NNC(=O)C1CCCN(Cc2cccc(C(O)n3nc4ccccc4n3)c2)C1. The van der Waals surface area contributed by atoms with Crippen molar-refractivity contribution >= 4 is 16.9 Å². The van der Waals surface area contributed by atoms with E-state index in [4.69, 9.17) is 5.84 Å². The van der Waals surface area contributed by atoms with Crippen molar-refractivity contribution < 1.29 is 9.90 Å². The Bertz CT molecular complexity index is 939. The number of carbonyl (C=O) groups excluding carboxylic acids is 1. The number of benzene rings is 2. The third-order valence-electron chi connectivity index (χ3n) is 5.19. The third kappa shape index (κ3) is 3.89. The van der Waals surface area contributed by atoms with Gasteiger partial charge in [0.15, 0.2) is 6.23 Å². The summed E-state index contributed by atoms with van der Waals surface area (Å²) in [5.41, 5.74) is 5.55. The Morgan fingerprint density at radius 3 is 2.68 bits per heavy atom. The molecule has 0 saturated carbocycles. The van der Waals surface area contributed by atoms with Crippen LogP contribution in [-0.2, 0) is 11.3 Å². The molecule has 4 N–H and O–H groups in total. The molecule has 1 amide bonds. The number of fused-ring (bicyclic) bond motifs is 1. The number of nitrogens with zero attached hydrogens (tertiary/aromatic N) is 4. The van der Waals surface area contributed by atoms with Crippen LogP contribution in [0.1, 0.15) is 30.2 Å². The summed E-state index contributed by atoms with van der Waals surface area (Å²) in [7, 11) is 0. The van der Waals surface area contributed by atoms with Gasteiger partial charge in [-0.15, -0.1) is 4.80 Å². The number of piperidine rings is 1. The first-order valence-corrected chi connectivity index (χ1v) is 9.45. The first kappa shape index (κ1) is 18.5. The highest BCUT2D eigenvalue weighted by molar-refractivity contribution is 5.78. The number of hydrogen-bond donors (Lipinski definition) is 3.